The van der Waals surface area contributed by atoms with Gasteiger partial charge in [0.25, 0.3) is 0 Å². The van der Waals surface area contributed by atoms with Crippen LogP contribution in [0.1, 0.15) is 35.7 Å². The molecule has 0 aliphatic rings. The zero-order valence-corrected chi connectivity index (χ0v) is 10.6. The van der Waals surface area contributed by atoms with Crippen LogP contribution < -0.4 is 0 Å². The van der Waals surface area contributed by atoms with Crippen molar-refractivity contribution in [3.8, 4) is 0 Å². The molecule has 15 heavy (non-hydrogen) atoms. The number of aryl methyl sites for hydroxylation is 1. The predicted molar refractivity (Wildman–Crippen MR) is 64.1 cm³/mol. The maximum atomic E-state index is 11.6. The van der Waals surface area contributed by atoms with Crippen molar-refractivity contribution in [3.63, 3.8) is 0 Å². The lowest BCUT2D eigenvalue weighted by Crippen LogP contribution is -2.07. The number of unbranched alkanes of at least 4 members (excludes halogenated alkanes) is 1. The summed E-state index contributed by atoms with van der Waals surface area (Å²) in [5, 5.41) is 0. The van der Waals surface area contributed by atoms with Crippen LogP contribution in [0, 0.1) is 6.92 Å². The summed E-state index contributed by atoms with van der Waals surface area (Å²) in [5.41, 5.74) is 1.71. The van der Waals surface area contributed by atoms with Crippen LogP contribution in [0.4, 0.5) is 0 Å². The van der Waals surface area contributed by atoms with Crippen LogP contribution in [0.25, 0.3) is 0 Å². The number of ether oxygens (including phenoxy) is 1. The van der Waals surface area contributed by atoms with E-state index in [0.29, 0.717) is 12.2 Å². The third kappa shape index (κ3) is 3.67. The lowest BCUT2D eigenvalue weighted by Gasteiger charge is -2.06. The molecule has 0 aliphatic heterocycles. The van der Waals surface area contributed by atoms with Gasteiger partial charge in [-0.2, -0.15) is 0 Å². The van der Waals surface area contributed by atoms with Crippen LogP contribution in [0.15, 0.2) is 22.7 Å². The first-order valence-electron chi connectivity index (χ1n) is 5.08. The van der Waals surface area contributed by atoms with Crippen LogP contribution in [0.2, 0.25) is 0 Å². The number of esters is 1. The molecule has 0 unspecified atom stereocenters. The second-order valence-electron chi connectivity index (χ2n) is 3.47. The smallest absolute Gasteiger partial charge is 0.339 e. The minimum absolute atomic E-state index is 0.254. The molecule has 0 amide bonds. The van der Waals surface area contributed by atoms with Crippen molar-refractivity contribution in [2.45, 2.75) is 26.7 Å². The molecule has 0 radical (unpaired) electrons. The van der Waals surface area contributed by atoms with Gasteiger partial charge in [0.2, 0.25) is 0 Å². The quantitative estimate of drug-likeness (QED) is 0.616. The Bertz CT molecular complexity index is 347. The molecule has 0 fully saturated rings. The second-order valence-corrected chi connectivity index (χ2v) is 4.33. The third-order valence-corrected chi connectivity index (χ3v) is 2.73. The molecule has 0 aliphatic carbocycles. The summed E-state index contributed by atoms with van der Waals surface area (Å²) in [5.74, 6) is -0.254. The van der Waals surface area contributed by atoms with Gasteiger partial charge in [-0.1, -0.05) is 19.4 Å². The summed E-state index contributed by atoms with van der Waals surface area (Å²) in [6, 6.07) is 5.60. The standard InChI is InChI=1S/C12H15BrO2/c1-3-4-7-15-12(14)10-6-5-9(2)8-11(10)13/h5-6,8H,3-4,7H2,1-2H3. The summed E-state index contributed by atoms with van der Waals surface area (Å²) in [6.07, 6.45) is 1.94. The Balaban J connectivity index is 2.65. The summed E-state index contributed by atoms with van der Waals surface area (Å²) in [7, 11) is 0. The van der Waals surface area contributed by atoms with Crippen molar-refractivity contribution in [2.24, 2.45) is 0 Å². The van der Waals surface area contributed by atoms with Gasteiger partial charge in [-0.05, 0) is 47.0 Å². The summed E-state index contributed by atoms with van der Waals surface area (Å²) in [4.78, 5) is 11.6. The largest absolute Gasteiger partial charge is 0.462 e. The zero-order valence-electron chi connectivity index (χ0n) is 9.05. The highest BCUT2D eigenvalue weighted by molar-refractivity contribution is 9.10. The van der Waals surface area contributed by atoms with Gasteiger partial charge in [0, 0.05) is 4.47 Å². The van der Waals surface area contributed by atoms with E-state index >= 15 is 0 Å². The molecule has 0 spiro atoms. The monoisotopic (exact) mass is 270 g/mol. The second kappa shape index (κ2) is 5.91. The first-order chi connectivity index (χ1) is 7.15. The number of carbonyl (C=O) groups excluding carboxylic acids is 1. The normalized spacial score (nSPS) is 10.1. The lowest BCUT2D eigenvalue weighted by atomic mass is 10.1. The number of hydrogen-bond donors (Lipinski definition) is 0. The Morgan fingerprint density at radius 2 is 2.20 bits per heavy atom. The molecule has 1 aromatic carbocycles. The van der Waals surface area contributed by atoms with Gasteiger partial charge in [0.15, 0.2) is 0 Å². The van der Waals surface area contributed by atoms with Crippen LogP contribution in [-0.4, -0.2) is 12.6 Å². The highest BCUT2D eigenvalue weighted by Gasteiger charge is 2.10. The fourth-order valence-corrected chi connectivity index (χ4v) is 1.83. The van der Waals surface area contributed by atoms with Gasteiger partial charge in [-0.3, -0.25) is 0 Å². The Morgan fingerprint density at radius 3 is 2.80 bits per heavy atom. The van der Waals surface area contributed by atoms with Crippen molar-refractivity contribution < 1.29 is 9.53 Å². The molecule has 2 nitrogen and oxygen atoms in total. The molecule has 1 rings (SSSR count). The van der Waals surface area contributed by atoms with Gasteiger partial charge >= 0.3 is 5.97 Å². The maximum Gasteiger partial charge on any atom is 0.339 e. The van der Waals surface area contributed by atoms with Gasteiger partial charge in [0.1, 0.15) is 0 Å². The number of halogens is 1. The van der Waals surface area contributed by atoms with E-state index in [1.165, 1.54) is 0 Å². The van der Waals surface area contributed by atoms with Crippen molar-refractivity contribution in [3.05, 3.63) is 33.8 Å². The minimum Gasteiger partial charge on any atom is -0.462 e. The van der Waals surface area contributed by atoms with E-state index in [1.807, 2.05) is 19.1 Å². The van der Waals surface area contributed by atoms with Crippen LogP contribution >= 0.6 is 15.9 Å². The van der Waals surface area contributed by atoms with Crippen molar-refractivity contribution >= 4 is 21.9 Å². The van der Waals surface area contributed by atoms with E-state index < -0.39 is 0 Å². The number of hydrogen-bond acceptors (Lipinski definition) is 2. The lowest BCUT2D eigenvalue weighted by molar-refractivity contribution is 0.0498. The summed E-state index contributed by atoms with van der Waals surface area (Å²) >= 11 is 3.36. The fraction of sp³-hybridized carbons (Fsp3) is 0.417. The molecule has 3 heteroatoms. The van der Waals surface area contributed by atoms with E-state index in [1.54, 1.807) is 6.07 Å². The Morgan fingerprint density at radius 1 is 1.47 bits per heavy atom. The summed E-state index contributed by atoms with van der Waals surface area (Å²) < 4.78 is 5.92. The zero-order chi connectivity index (χ0) is 11.3. The van der Waals surface area contributed by atoms with Crippen LogP contribution in [0.3, 0.4) is 0 Å². The fourth-order valence-electron chi connectivity index (χ4n) is 1.17. The van der Waals surface area contributed by atoms with E-state index in [0.717, 1.165) is 22.9 Å². The molecule has 0 aromatic heterocycles. The summed E-state index contributed by atoms with van der Waals surface area (Å²) in [6.45, 7) is 4.54. The Labute approximate surface area is 98.8 Å². The molecule has 82 valence electrons. The minimum atomic E-state index is -0.254. The van der Waals surface area contributed by atoms with Crippen molar-refractivity contribution in [2.75, 3.05) is 6.61 Å². The SMILES string of the molecule is CCCCOC(=O)c1ccc(C)cc1Br. The highest BCUT2D eigenvalue weighted by atomic mass is 79.9. The average molecular weight is 271 g/mol. The number of carbonyl (C=O) groups is 1. The molecule has 0 saturated carbocycles. The molecule has 0 N–H and O–H groups in total. The van der Waals surface area contributed by atoms with Crippen molar-refractivity contribution in [1.29, 1.82) is 0 Å². The Kier molecular flexibility index (Phi) is 4.82. The van der Waals surface area contributed by atoms with Crippen molar-refractivity contribution in [1.82, 2.24) is 0 Å². The molecule has 0 heterocycles. The van der Waals surface area contributed by atoms with E-state index in [4.69, 9.17) is 4.74 Å². The first kappa shape index (κ1) is 12.2. The molecule has 0 atom stereocenters. The molecular formula is C12H15BrO2. The van der Waals surface area contributed by atoms with E-state index in [-0.39, 0.29) is 5.97 Å². The first-order valence-corrected chi connectivity index (χ1v) is 5.87. The molecular weight excluding hydrogens is 256 g/mol. The number of benzene rings is 1. The van der Waals surface area contributed by atoms with Crippen LogP contribution in [0.5, 0.6) is 0 Å². The molecule has 1 aromatic rings. The molecule has 0 bridgehead atoms. The van der Waals surface area contributed by atoms with Gasteiger partial charge in [-0.25, -0.2) is 4.79 Å². The van der Waals surface area contributed by atoms with Gasteiger partial charge in [-0.15, -0.1) is 0 Å². The van der Waals surface area contributed by atoms with Gasteiger partial charge < -0.3 is 4.74 Å². The average Bonchev–Trinajstić information content (AvgIpc) is 2.17. The third-order valence-electron chi connectivity index (χ3n) is 2.08. The predicted octanol–water partition coefficient (Wildman–Crippen LogP) is 3.71. The highest BCUT2D eigenvalue weighted by Crippen LogP contribution is 2.19. The maximum absolute atomic E-state index is 11.6. The van der Waals surface area contributed by atoms with E-state index in [2.05, 4.69) is 22.9 Å². The van der Waals surface area contributed by atoms with Gasteiger partial charge in [0.05, 0.1) is 12.2 Å². The molecule has 0 saturated heterocycles. The van der Waals surface area contributed by atoms with Crippen LogP contribution in [-0.2, 0) is 4.74 Å². The Hall–Kier alpha value is -0.830. The van der Waals surface area contributed by atoms with E-state index in [9.17, 15) is 4.79 Å². The number of rotatable bonds is 4. The topological polar surface area (TPSA) is 26.3 Å².